The molecule has 6 heteroatoms. The number of anilines is 3. The summed E-state index contributed by atoms with van der Waals surface area (Å²) in [4.78, 5) is 16.9. The van der Waals surface area contributed by atoms with Crippen LogP contribution in [0.5, 0.6) is 5.75 Å². The summed E-state index contributed by atoms with van der Waals surface area (Å²) < 4.78 is 5.30. The fourth-order valence-electron chi connectivity index (χ4n) is 2.61. The van der Waals surface area contributed by atoms with Crippen LogP contribution in [0.25, 0.3) is 0 Å². The number of amides is 1. The van der Waals surface area contributed by atoms with Crippen molar-refractivity contribution in [1.29, 1.82) is 0 Å². The molecule has 0 spiro atoms. The van der Waals surface area contributed by atoms with Crippen LogP contribution in [0.15, 0.2) is 41.8 Å². The lowest BCUT2D eigenvalue weighted by molar-refractivity contribution is 0.102. The topological polar surface area (TPSA) is 63.2 Å². The van der Waals surface area contributed by atoms with E-state index in [1.54, 1.807) is 12.5 Å². The lowest BCUT2D eigenvalue weighted by atomic mass is 10.1. The molecule has 0 unspecified atom stereocenters. The number of methoxy groups -OCH3 is 1. The molecule has 0 aliphatic heterocycles. The molecule has 0 radical (unpaired) electrons. The summed E-state index contributed by atoms with van der Waals surface area (Å²) in [6, 6.07) is 11.8. The molecule has 0 aliphatic carbocycles. The maximum absolute atomic E-state index is 12.5. The van der Waals surface area contributed by atoms with Gasteiger partial charge in [-0.2, -0.15) is 0 Å². The van der Waals surface area contributed by atoms with Gasteiger partial charge >= 0.3 is 0 Å². The third-order valence-corrected chi connectivity index (χ3v) is 4.72. The molecule has 5 nitrogen and oxygen atoms in total. The number of hydrogen-bond acceptors (Lipinski definition) is 5. The maximum atomic E-state index is 12.5. The van der Waals surface area contributed by atoms with Crippen molar-refractivity contribution in [3.05, 3.63) is 64.2 Å². The molecular formula is C20H21N3O2S. The van der Waals surface area contributed by atoms with E-state index in [1.165, 1.54) is 16.9 Å². The largest absolute Gasteiger partial charge is 0.495 e. The van der Waals surface area contributed by atoms with Crippen LogP contribution < -0.4 is 15.4 Å². The van der Waals surface area contributed by atoms with E-state index in [1.807, 2.05) is 44.2 Å². The van der Waals surface area contributed by atoms with Gasteiger partial charge in [-0.05, 0) is 50.1 Å². The van der Waals surface area contributed by atoms with E-state index in [2.05, 4.69) is 28.6 Å². The molecular weight excluding hydrogens is 346 g/mol. The van der Waals surface area contributed by atoms with Crippen molar-refractivity contribution in [2.24, 2.45) is 0 Å². The second kappa shape index (κ2) is 7.58. The lowest BCUT2D eigenvalue weighted by Gasteiger charge is -2.10. The molecule has 0 fully saturated rings. The predicted molar refractivity (Wildman–Crippen MR) is 107 cm³/mol. The number of rotatable bonds is 5. The summed E-state index contributed by atoms with van der Waals surface area (Å²) in [5.41, 5.74) is 5.36. The first kappa shape index (κ1) is 17.9. The van der Waals surface area contributed by atoms with E-state index < -0.39 is 0 Å². The smallest absolute Gasteiger partial charge is 0.275 e. The Hall–Kier alpha value is -2.86. The van der Waals surface area contributed by atoms with Gasteiger partial charge in [0.2, 0.25) is 0 Å². The number of nitrogens with one attached hydrogen (secondary N) is 2. The van der Waals surface area contributed by atoms with E-state index in [0.29, 0.717) is 22.3 Å². The number of carbonyl (C=O) groups excluding carboxylic acids is 1. The van der Waals surface area contributed by atoms with Crippen molar-refractivity contribution in [3.63, 3.8) is 0 Å². The van der Waals surface area contributed by atoms with Gasteiger partial charge in [0.15, 0.2) is 5.13 Å². The van der Waals surface area contributed by atoms with E-state index in [0.717, 1.165) is 16.8 Å². The van der Waals surface area contributed by atoms with Crippen molar-refractivity contribution in [1.82, 2.24) is 4.98 Å². The quantitative estimate of drug-likeness (QED) is 0.661. The second-order valence-corrected chi connectivity index (χ2v) is 7.00. The fourth-order valence-corrected chi connectivity index (χ4v) is 3.31. The van der Waals surface area contributed by atoms with Crippen LogP contribution in [0.4, 0.5) is 16.5 Å². The number of benzene rings is 2. The average Bonchev–Trinajstić information content (AvgIpc) is 3.06. The van der Waals surface area contributed by atoms with E-state index in [-0.39, 0.29) is 5.91 Å². The highest BCUT2D eigenvalue weighted by Gasteiger charge is 2.14. The first-order valence-electron chi connectivity index (χ1n) is 8.22. The molecule has 0 saturated heterocycles. The predicted octanol–water partition coefficient (Wildman–Crippen LogP) is 5.07. The van der Waals surface area contributed by atoms with Crippen molar-refractivity contribution < 1.29 is 9.53 Å². The van der Waals surface area contributed by atoms with Crippen LogP contribution in [0, 0.1) is 20.8 Å². The monoisotopic (exact) mass is 367 g/mol. The number of nitrogens with zero attached hydrogens (tertiary/aromatic N) is 1. The third-order valence-electron chi connectivity index (χ3n) is 3.96. The Morgan fingerprint density at radius 2 is 1.77 bits per heavy atom. The van der Waals surface area contributed by atoms with Gasteiger partial charge in [-0.1, -0.05) is 23.8 Å². The molecule has 2 aromatic carbocycles. The minimum Gasteiger partial charge on any atom is -0.495 e. The first-order chi connectivity index (χ1) is 12.5. The summed E-state index contributed by atoms with van der Waals surface area (Å²) in [7, 11) is 1.58. The zero-order valence-electron chi connectivity index (χ0n) is 15.2. The Balaban J connectivity index is 1.75. The van der Waals surface area contributed by atoms with Crippen molar-refractivity contribution in [2.45, 2.75) is 20.8 Å². The molecule has 3 rings (SSSR count). The van der Waals surface area contributed by atoms with Gasteiger partial charge in [-0.3, -0.25) is 4.79 Å². The molecule has 1 heterocycles. The SMILES string of the molecule is COc1ccc(C)cc1NC(=O)c1csc(Nc2ccc(C)cc2C)n1. The number of carbonyl (C=O) groups is 1. The molecule has 0 bridgehead atoms. The Bertz CT molecular complexity index is 950. The highest BCUT2D eigenvalue weighted by molar-refractivity contribution is 7.14. The molecule has 134 valence electrons. The summed E-state index contributed by atoms with van der Waals surface area (Å²) in [6.45, 7) is 6.06. The number of aryl methyl sites for hydroxylation is 3. The molecule has 2 N–H and O–H groups in total. The summed E-state index contributed by atoms with van der Waals surface area (Å²) in [5, 5.41) is 8.56. The summed E-state index contributed by atoms with van der Waals surface area (Å²) in [6.07, 6.45) is 0. The van der Waals surface area contributed by atoms with Crippen LogP contribution in [0.1, 0.15) is 27.2 Å². The molecule has 26 heavy (non-hydrogen) atoms. The second-order valence-electron chi connectivity index (χ2n) is 6.14. The molecule has 3 aromatic rings. The average molecular weight is 367 g/mol. The Morgan fingerprint density at radius 3 is 2.50 bits per heavy atom. The lowest BCUT2D eigenvalue weighted by Crippen LogP contribution is -2.13. The van der Waals surface area contributed by atoms with Crippen LogP contribution >= 0.6 is 11.3 Å². The molecule has 1 amide bonds. The third kappa shape index (κ3) is 4.03. The van der Waals surface area contributed by atoms with Gasteiger partial charge in [0.25, 0.3) is 5.91 Å². The Morgan fingerprint density at radius 1 is 1.04 bits per heavy atom. The highest BCUT2D eigenvalue weighted by atomic mass is 32.1. The van der Waals surface area contributed by atoms with Crippen molar-refractivity contribution in [3.8, 4) is 5.75 Å². The summed E-state index contributed by atoms with van der Waals surface area (Å²) in [5.74, 6) is 0.353. The highest BCUT2D eigenvalue weighted by Crippen LogP contribution is 2.27. The van der Waals surface area contributed by atoms with Gasteiger partial charge in [0.1, 0.15) is 11.4 Å². The van der Waals surface area contributed by atoms with Gasteiger partial charge in [-0.15, -0.1) is 11.3 Å². The molecule has 0 atom stereocenters. The molecule has 1 aromatic heterocycles. The van der Waals surface area contributed by atoms with Crippen molar-refractivity contribution >= 4 is 33.8 Å². The van der Waals surface area contributed by atoms with Gasteiger partial charge in [0, 0.05) is 11.1 Å². The van der Waals surface area contributed by atoms with E-state index in [4.69, 9.17) is 4.74 Å². The Kier molecular flexibility index (Phi) is 5.23. The van der Waals surface area contributed by atoms with E-state index in [9.17, 15) is 4.79 Å². The zero-order chi connectivity index (χ0) is 18.7. The Labute approximate surface area is 157 Å². The normalized spacial score (nSPS) is 10.5. The number of aromatic nitrogens is 1. The molecule has 0 saturated carbocycles. The minimum atomic E-state index is -0.265. The van der Waals surface area contributed by atoms with Crippen molar-refractivity contribution in [2.75, 3.05) is 17.7 Å². The van der Waals surface area contributed by atoms with Crippen LogP contribution in [-0.2, 0) is 0 Å². The van der Waals surface area contributed by atoms with Gasteiger partial charge < -0.3 is 15.4 Å². The van der Waals surface area contributed by atoms with E-state index >= 15 is 0 Å². The number of hydrogen-bond donors (Lipinski definition) is 2. The van der Waals surface area contributed by atoms with Crippen LogP contribution in [0.2, 0.25) is 0 Å². The number of thiazole rings is 1. The fraction of sp³-hybridized carbons (Fsp3) is 0.200. The standard InChI is InChI=1S/C20H21N3O2S/c1-12-5-7-15(14(3)9-12)22-20-23-17(11-26-20)19(24)21-16-10-13(2)6-8-18(16)25-4/h5-11H,1-4H3,(H,21,24)(H,22,23). The number of ether oxygens (including phenoxy) is 1. The van der Waals surface area contributed by atoms with Crippen LogP contribution in [-0.4, -0.2) is 18.0 Å². The maximum Gasteiger partial charge on any atom is 0.275 e. The van der Waals surface area contributed by atoms with Gasteiger partial charge in [-0.25, -0.2) is 4.98 Å². The van der Waals surface area contributed by atoms with Crippen LogP contribution in [0.3, 0.4) is 0 Å². The molecule has 0 aliphatic rings. The minimum absolute atomic E-state index is 0.265. The van der Waals surface area contributed by atoms with Gasteiger partial charge in [0.05, 0.1) is 12.8 Å². The summed E-state index contributed by atoms with van der Waals surface area (Å²) >= 11 is 1.39. The first-order valence-corrected chi connectivity index (χ1v) is 9.10. The zero-order valence-corrected chi connectivity index (χ0v) is 16.0.